The molecule has 76 valence electrons. The van der Waals surface area contributed by atoms with Crippen molar-refractivity contribution in [2.45, 2.75) is 0 Å². The second kappa shape index (κ2) is 6.82. The van der Waals surface area contributed by atoms with Gasteiger partial charge in [-0.15, -0.1) is 0 Å². The Bertz CT molecular complexity index is 290. The number of aromatic nitrogens is 1. The third kappa shape index (κ3) is 5.93. The number of rotatable bonds is 1. The van der Waals surface area contributed by atoms with Gasteiger partial charge in [-0.2, -0.15) is 17.6 Å². The van der Waals surface area contributed by atoms with Crippen LogP contribution in [0.1, 0.15) is 5.69 Å². The van der Waals surface area contributed by atoms with E-state index in [4.69, 9.17) is 0 Å². The molecule has 1 heterocycles. The summed E-state index contributed by atoms with van der Waals surface area (Å²) in [6.45, 7) is 3.57. The van der Waals surface area contributed by atoms with Gasteiger partial charge in [0.15, 0.2) is 0 Å². The highest BCUT2D eigenvalue weighted by Gasteiger charge is 1.98. The molecule has 14 heavy (non-hydrogen) atoms. The molecule has 0 aliphatic heterocycles. The largest absolute Gasteiger partial charge is 0.334 e. The van der Waals surface area contributed by atoms with Crippen LogP contribution in [-0.2, 0) is 0 Å². The summed E-state index contributed by atoms with van der Waals surface area (Å²) in [5.74, 6) is 0. The molecule has 0 aromatic carbocycles. The van der Waals surface area contributed by atoms with Crippen LogP contribution in [0.3, 0.4) is 0 Å². The van der Waals surface area contributed by atoms with Crippen molar-refractivity contribution in [3.63, 3.8) is 0 Å². The number of hydrogen-bond acceptors (Lipinski definition) is 1. The molecule has 1 aromatic rings. The molecule has 0 atom stereocenters. The smallest absolute Gasteiger partial charge is 0.257 e. The maximum Gasteiger partial charge on any atom is 0.334 e. The van der Waals surface area contributed by atoms with Crippen molar-refractivity contribution in [2.24, 2.45) is 0 Å². The van der Waals surface area contributed by atoms with E-state index in [0.29, 0.717) is 0 Å². The van der Waals surface area contributed by atoms with E-state index in [1.165, 1.54) is 0 Å². The number of pyridine rings is 1. The Morgan fingerprint density at radius 1 is 1.14 bits per heavy atom. The third-order valence-corrected chi connectivity index (χ3v) is 1.04. The SMILES string of the molecule is C=Cc1ccccn1.FC(F)=C(F)F. The summed E-state index contributed by atoms with van der Waals surface area (Å²) < 4.78 is 41.1. The second-order valence-corrected chi connectivity index (χ2v) is 1.98. The fraction of sp³-hybridized carbons (Fsp3) is 0. The fourth-order valence-corrected chi connectivity index (χ4v) is 0.497. The van der Waals surface area contributed by atoms with Gasteiger partial charge in [-0.1, -0.05) is 12.6 Å². The monoisotopic (exact) mass is 205 g/mol. The molecule has 0 spiro atoms. The quantitative estimate of drug-likeness (QED) is 0.637. The molecular weight excluding hydrogens is 198 g/mol. The number of nitrogens with zero attached hydrogens (tertiary/aromatic N) is 1. The Morgan fingerprint density at radius 2 is 1.71 bits per heavy atom. The van der Waals surface area contributed by atoms with Gasteiger partial charge in [0.2, 0.25) is 0 Å². The predicted molar refractivity (Wildman–Crippen MR) is 45.8 cm³/mol. The molecule has 0 saturated carbocycles. The normalized spacial score (nSPS) is 8.29. The predicted octanol–water partition coefficient (Wildman–Crippen LogP) is 3.72. The Morgan fingerprint density at radius 3 is 1.93 bits per heavy atom. The Balaban J connectivity index is 0.000000255. The van der Waals surface area contributed by atoms with Crippen LogP contribution in [0.4, 0.5) is 17.6 Å². The summed E-state index contributed by atoms with van der Waals surface area (Å²) in [7, 11) is 0. The zero-order valence-electron chi connectivity index (χ0n) is 7.05. The van der Waals surface area contributed by atoms with Gasteiger partial charge in [0.05, 0.1) is 5.69 Å². The van der Waals surface area contributed by atoms with Gasteiger partial charge >= 0.3 is 12.2 Å². The molecule has 0 bridgehead atoms. The first-order chi connectivity index (χ1) is 6.57. The maximum absolute atomic E-state index is 10.3. The van der Waals surface area contributed by atoms with E-state index in [9.17, 15) is 17.6 Å². The third-order valence-electron chi connectivity index (χ3n) is 1.04. The number of halogens is 4. The van der Waals surface area contributed by atoms with Crippen LogP contribution in [0.25, 0.3) is 6.08 Å². The molecule has 0 amide bonds. The molecular formula is C9H7F4N. The zero-order chi connectivity index (χ0) is 11.0. The lowest BCUT2D eigenvalue weighted by Crippen LogP contribution is -1.73. The van der Waals surface area contributed by atoms with E-state index >= 15 is 0 Å². The summed E-state index contributed by atoms with van der Waals surface area (Å²) in [5, 5.41) is 0. The van der Waals surface area contributed by atoms with Crippen LogP contribution < -0.4 is 0 Å². The van der Waals surface area contributed by atoms with Gasteiger partial charge < -0.3 is 0 Å². The molecule has 1 rings (SSSR count). The average molecular weight is 205 g/mol. The summed E-state index contributed by atoms with van der Waals surface area (Å²) in [6, 6.07) is 5.73. The standard InChI is InChI=1S/C7H7N.C2F4/c1-2-7-5-3-4-6-8-7;3-1(4)2(5)6/h2-6H,1H2;. The molecule has 0 fully saturated rings. The first-order valence-corrected chi connectivity index (χ1v) is 3.47. The van der Waals surface area contributed by atoms with Crippen molar-refractivity contribution in [1.29, 1.82) is 0 Å². The lowest BCUT2D eigenvalue weighted by atomic mass is 10.4. The van der Waals surface area contributed by atoms with Gasteiger partial charge in [-0.25, -0.2) is 0 Å². The van der Waals surface area contributed by atoms with Crippen molar-refractivity contribution in [2.75, 3.05) is 0 Å². The van der Waals surface area contributed by atoms with Crippen molar-refractivity contribution in [3.05, 3.63) is 48.8 Å². The van der Waals surface area contributed by atoms with Crippen LogP contribution in [0.5, 0.6) is 0 Å². The Hall–Kier alpha value is -1.65. The van der Waals surface area contributed by atoms with Crippen LogP contribution in [-0.4, -0.2) is 4.98 Å². The molecule has 0 unspecified atom stereocenters. The van der Waals surface area contributed by atoms with E-state index in [1.807, 2.05) is 18.2 Å². The van der Waals surface area contributed by atoms with Crippen LogP contribution >= 0.6 is 0 Å². The summed E-state index contributed by atoms with van der Waals surface area (Å²) in [5.41, 5.74) is 0.924. The second-order valence-electron chi connectivity index (χ2n) is 1.98. The van der Waals surface area contributed by atoms with E-state index in [0.717, 1.165) is 5.69 Å². The minimum absolute atomic E-state index is 0.924. The van der Waals surface area contributed by atoms with Crippen molar-refractivity contribution < 1.29 is 17.6 Å². The molecule has 0 N–H and O–H groups in total. The van der Waals surface area contributed by atoms with Crippen LogP contribution in [0.15, 0.2) is 43.1 Å². The van der Waals surface area contributed by atoms with E-state index in [1.54, 1.807) is 12.3 Å². The minimum atomic E-state index is -2.91. The maximum atomic E-state index is 10.3. The summed E-state index contributed by atoms with van der Waals surface area (Å²) in [6.07, 6.45) is -2.35. The zero-order valence-corrected chi connectivity index (χ0v) is 7.05. The van der Waals surface area contributed by atoms with Gasteiger partial charge in [0.1, 0.15) is 0 Å². The summed E-state index contributed by atoms with van der Waals surface area (Å²) in [4.78, 5) is 3.98. The van der Waals surface area contributed by atoms with E-state index in [2.05, 4.69) is 11.6 Å². The Labute approximate surface area is 78.4 Å². The lowest BCUT2D eigenvalue weighted by Gasteiger charge is -1.84. The number of hydrogen-bond donors (Lipinski definition) is 0. The molecule has 0 aliphatic carbocycles. The van der Waals surface area contributed by atoms with E-state index < -0.39 is 12.2 Å². The fourth-order valence-electron chi connectivity index (χ4n) is 0.497. The molecule has 0 saturated heterocycles. The first-order valence-electron chi connectivity index (χ1n) is 3.47. The Kier molecular flexibility index (Phi) is 6.02. The minimum Gasteiger partial charge on any atom is -0.257 e. The first kappa shape index (κ1) is 12.3. The van der Waals surface area contributed by atoms with Crippen molar-refractivity contribution in [3.8, 4) is 0 Å². The van der Waals surface area contributed by atoms with Gasteiger partial charge in [0, 0.05) is 6.20 Å². The highest BCUT2D eigenvalue weighted by atomic mass is 19.3. The van der Waals surface area contributed by atoms with Crippen LogP contribution in [0, 0.1) is 0 Å². The van der Waals surface area contributed by atoms with Crippen molar-refractivity contribution in [1.82, 2.24) is 4.98 Å². The highest BCUT2D eigenvalue weighted by molar-refractivity contribution is 5.40. The summed E-state index contributed by atoms with van der Waals surface area (Å²) >= 11 is 0. The van der Waals surface area contributed by atoms with Gasteiger partial charge in [0.25, 0.3) is 0 Å². The van der Waals surface area contributed by atoms with Crippen LogP contribution in [0.2, 0.25) is 0 Å². The molecule has 1 aromatic heterocycles. The van der Waals surface area contributed by atoms with Gasteiger partial charge in [-0.3, -0.25) is 4.98 Å². The topological polar surface area (TPSA) is 12.9 Å². The molecule has 0 radical (unpaired) electrons. The van der Waals surface area contributed by atoms with E-state index in [-0.39, 0.29) is 0 Å². The lowest BCUT2D eigenvalue weighted by molar-refractivity contribution is 0.308. The highest BCUT2D eigenvalue weighted by Crippen LogP contribution is 2.08. The van der Waals surface area contributed by atoms with Crippen molar-refractivity contribution >= 4 is 6.08 Å². The molecule has 0 aliphatic rings. The average Bonchev–Trinajstić information content (AvgIpc) is 2.20. The van der Waals surface area contributed by atoms with Gasteiger partial charge in [-0.05, 0) is 18.2 Å². The molecule has 1 nitrogen and oxygen atoms in total. The molecule has 5 heteroatoms.